The van der Waals surface area contributed by atoms with E-state index in [1.807, 2.05) is 0 Å². The topological polar surface area (TPSA) is 12.5 Å². The van der Waals surface area contributed by atoms with Crippen molar-refractivity contribution in [3.05, 3.63) is 0 Å². The minimum atomic E-state index is 0.445. The van der Waals surface area contributed by atoms with Crippen molar-refractivity contribution in [2.75, 3.05) is 26.3 Å². The molecule has 0 amide bonds. The van der Waals surface area contributed by atoms with Crippen LogP contribution >= 0.6 is 0 Å². The molecule has 0 aromatic rings. The van der Waals surface area contributed by atoms with Crippen LogP contribution in [0.25, 0.3) is 0 Å². The summed E-state index contributed by atoms with van der Waals surface area (Å²) in [6.45, 7) is 11.5. The molecule has 0 aromatic heterocycles. The zero-order valence-electron chi connectivity index (χ0n) is 9.10. The second-order valence-corrected chi connectivity index (χ2v) is 5.05. The summed E-state index contributed by atoms with van der Waals surface area (Å²) in [5, 5.41) is 0. The first kappa shape index (κ1) is 9.47. The number of rotatable bonds is 3. The zero-order chi connectivity index (χ0) is 9.53. The van der Waals surface area contributed by atoms with E-state index >= 15 is 0 Å². The zero-order valence-corrected chi connectivity index (χ0v) is 9.10. The fraction of sp³-hybridized carbons (Fsp3) is 1.00. The second kappa shape index (κ2) is 2.96. The average Bonchev–Trinajstić information content (AvgIpc) is 1.99. The highest BCUT2D eigenvalue weighted by Crippen LogP contribution is 2.42. The van der Waals surface area contributed by atoms with Crippen molar-refractivity contribution in [1.82, 2.24) is 4.90 Å². The summed E-state index contributed by atoms with van der Waals surface area (Å²) in [4.78, 5) is 2.63. The van der Waals surface area contributed by atoms with Gasteiger partial charge in [0, 0.05) is 24.0 Å². The molecule has 0 saturated carbocycles. The van der Waals surface area contributed by atoms with Gasteiger partial charge in [0.05, 0.1) is 13.2 Å². The maximum atomic E-state index is 5.28. The summed E-state index contributed by atoms with van der Waals surface area (Å²) in [6, 6.07) is 0. The highest BCUT2D eigenvalue weighted by atomic mass is 16.5. The van der Waals surface area contributed by atoms with Crippen LogP contribution in [0.4, 0.5) is 0 Å². The van der Waals surface area contributed by atoms with Gasteiger partial charge in [0.25, 0.3) is 0 Å². The Hall–Kier alpha value is -0.0800. The molecule has 0 unspecified atom stereocenters. The molecule has 2 aliphatic rings. The van der Waals surface area contributed by atoms with Crippen LogP contribution in [0.15, 0.2) is 0 Å². The van der Waals surface area contributed by atoms with Crippen LogP contribution in [0.1, 0.15) is 33.6 Å². The van der Waals surface area contributed by atoms with Gasteiger partial charge in [-0.2, -0.15) is 0 Å². The van der Waals surface area contributed by atoms with Crippen molar-refractivity contribution in [1.29, 1.82) is 0 Å². The lowest BCUT2D eigenvalue weighted by atomic mass is 9.74. The Labute approximate surface area is 81.3 Å². The van der Waals surface area contributed by atoms with Crippen molar-refractivity contribution >= 4 is 0 Å². The molecule has 0 atom stereocenters. The first-order valence-electron chi connectivity index (χ1n) is 5.47. The van der Waals surface area contributed by atoms with Crippen LogP contribution in [0, 0.1) is 5.41 Å². The predicted molar refractivity (Wildman–Crippen MR) is 53.8 cm³/mol. The molecular formula is C11H21NO. The Bertz CT molecular complexity index is 186. The van der Waals surface area contributed by atoms with Gasteiger partial charge in [-0.05, 0) is 19.8 Å². The Kier molecular flexibility index (Phi) is 2.16. The maximum Gasteiger partial charge on any atom is 0.0569 e. The lowest BCUT2D eigenvalue weighted by Gasteiger charge is -2.60. The van der Waals surface area contributed by atoms with Crippen LogP contribution in [0.3, 0.4) is 0 Å². The first-order valence-corrected chi connectivity index (χ1v) is 5.47. The fourth-order valence-corrected chi connectivity index (χ4v) is 2.42. The molecule has 2 heteroatoms. The predicted octanol–water partition coefficient (Wildman–Crippen LogP) is 1.90. The summed E-state index contributed by atoms with van der Waals surface area (Å²) in [5.41, 5.74) is 1.02. The molecule has 0 bridgehead atoms. The summed E-state index contributed by atoms with van der Waals surface area (Å²) >= 11 is 0. The van der Waals surface area contributed by atoms with E-state index in [2.05, 4.69) is 25.7 Å². The molecule has 76 valence electrons. The maximum absolute atomic E-state index is 5.28. The monoisotopic (exact) mass is 183 g/mol. The Morgan fingerprint density at radius 2 is 1.77 bits per heavy atom. The third-order valence-electron chi connectivity index (χ3n) is 4.16. The van der Waals surface area contributed by atoms with Crippen molar-refractivity contribution < 1.29 is 4.74 Å². The Balaban J connectivity index is 1.90. The summed E-state index contributed by atoms with van der Waals surface area (Å²) in [6.07, 6.45) is 2.53. The summed E-state index contributed by atoms with van der Waals surface area (Å²) in [7, 11) is 0. The Morgan fingerprint density at radius 1 is 1.23 bits per heavy atom. The van der Waals surface area contributed by atoms with E-state index < -0.39 is 0 Å². The average molecular weight is 183 g/mol. The van der Waals surface area contributed by atoms with Crippen molar-refractivity contribution in [3.8, 4) is 0 Å². The van der Waals surface area contributed by atoms with E-state index in [-0.39, 0.29) is 0 Å². The third kappa shape index (κ3) is 1.31. The molecule has 0 aliphatic carbocycles. The SMILES string of the molecule is CCC(C)(CC)N1CC2(COC2)C1. The number of likely N-dealkylation sites (tertiary alicyclic amines) is 1. The van der Waals surface area contributed by atoms with Crippen molar-refractivity contribution in [3.63, 3.8) is 0 Å². The molecule has 2 fully saturated rings. The van der Waals surface area contributed by atoms with Gasteiger partial charge in [-0.15, -0.1) is 0 Å². The molecule has 2 nitrogen and oxygen atoms in total. The minimum absolute atomic E-state index is 0.445. The number of hydrogen-bond donors (Lipinski definition) is 0. The van der Waals surface area contributed by atoms with Gasteiger partial charge < -0.3 is 4.74 Å². The summed E-state index contributed by atoms with van der Waals surface area (Å²) < 4.78 is 5.28. The van der Waals surface area contributed by atoms with E-state index in [4.69, 9.17) is 4.74 Å². The van der Waals surface area contributed by atoms with Gasteiger partial charge in [0.15, 0.2) is 0 Å². The molecule has 2 heterocycles. The van der Waals surface area contributed by atoms with Crippen LogP contribution < -0.4 is 0 Å². The fourth-order valence-electron chi connectivity index (χ4n) is 2.42. The van der Waals surface area contributed by atoms with Crippen LogP contribution in [0.5, 0.6) is 0 Å². The summed E-state index contributed by atoms with van der Waals surface area (Å²) in [5.74, 6) is 0. The number of nitrogens with zero attached hydrogens (tertiary/aromatic N) is 1. The molecule has 1 spiro atoms. The lowest BCUT2D eigenvalue weighted by molar-refractivity contribution is -0.212. The first-order chi connectivity index (χ1) is 6.14. The van der Waals surface area contributed by atoms with E-state index in [9.17, 15) is 0 Å². The van der Waals surface area contributed by atoms with Gasteiger partial charge in [-0.25, -0.2) is 0 Å². The minimum Gasteiger partial charge on any atom is -0.380 e. The van der Waals surface area contributed by atoms with Crippen LogP contribution in [-0.4, -0.2) is 36.7 Å². The smallest absolute Gasteiger partial charge is 0.0569 e. The third-order valence-corrected chi connectivity index (χ3v) is 4.16. The van der Waals surface area contributed by atoms with E-state index in [0.29, 0.717) is 11.0 Å². The quantitative estimate of drug-likeness (QED) is 0.662. The highest BCUT2D eigenvalue weighted by Gasteiger charge is 2.52. The van der Waals surface area contributed by atoms with Gasteiger partial charge in [0.1, 0.15) is 0 Å². The Morgan fingerprint density at radius 3 is 2.08 bits per heavy atom. The van der Waals surface area contributed by atoms with Gasteiger partial charge in [0.2, 0.25) is 0 Å². The highest BCUT2D eigenvalue weighted by molar-refractivity contribution is 5.04. The molecule has 2 saturated heterocycles. The molecule has 13 heavy (non-hydrogen) atoms. The molecule has 2 rings (SSSR count). The van der Waals surface area contributed by atoms with E-state index in [1.54, 1.807) is 0 Å². The van der Waals surface area contributed by atoms with Gasteiger partial charge >= 0.3 is 0 Å². The molecule has 0 aromatic carbocycles. The molecule has 0 radical (unpaired) electrons. The molecule has 2 aliphatic heterocycles. The van der Waals surface area contributed by atoms with Crippen LogP contribution in [0.2, 0.25) is 0 Å². The normalized spacial score (nSPS) is 27.0. The van der Waals surface area contributed by atoms with Gasteiger partial charge in [-0.3, -0.25) is 4.90 Å². The van der Waals surface area contributed by atoms with E-state index in [0.717, 1.165) is 13.2 Å². The van der Waals surface area contributed by atoms with E-state index in [1.165, 1.54) is 25.9 Å². The molecular weight excluding hydrogens is 162 g/mol. The van der Waals surface area contributed by atoms with Gasteiger partial charge in [-0.1, -0.05) is 13.8 Å². The largest absolute Gasteiger partial charge is 0.380 e. The van der Waals surface area contributed by atoms with Crippen LogP contribution in [-0.2, 0) is 4.74 Å². The second-order valence-electron chi connectivity index (χ2n) is 5.05. The van der Waals surface area contributed by atoms with Crippen molar-refractivity contribution in [2.24, 2.45) is 5.41 Å². The number of ether oxygens (including phenoxy) is 1. The standard InChI is InChI=1S/C11H21NO/c1-4-10(3,5-2)12-6-11(7-12)8-13-9-11/h4-9H2,1-3H3. The molecule has 0 N–H and O–H groups in total. The number of hydrogen-bond acceptors (Lipinski definition) is 2. The lowest BCUT2D eigenvalue weighted by Crippen LogP contribution is -2.70. The van der Waals surface area contributed by atoms with Crippen molar-refractivity contribution in [2.45, 2.75) is 39.2 Å².